The quantitative estimate of drug-likeness (QED) is 0.234. The number of hydrogen-bond acceptors (Lipinski definition) is 5. The predicted octanol–water partition coefficient (Wildman–Crippen LogP) is 2.60. The number of guanidine groups is 1. The molecule has 148 valence electrons. The first-order chi connectivity index (χ1) is 12.5. The maximum Gasteiger partial charge on any atom is 0.251 e. The summed E-state index contributed by atoms with van der Waals surface area (Å²) in [7, 11) is 1.96. The molecule has 0 aliphatic rings. The van der Waals surface area contributed by atoms with Gasteiger partial charge in [0.15, 0.2) is 5.96 Å². The summed E-state index contributed by atoms with van der Waals surface area (Å²) in [6, 6.07) is 6.15. The van der Waals surface area contributed by atoms with Crippen molar-refractivity contribution in [3.05, 3.63) is 45.9 Å². The molecule has 1 aromatic heterocycles. The third-order valence-electron chi connectivity index (χ3n) is 3.55. The van der Waals surface area contributed by atoms with Crippen LogP contribution in [0.25, 0.3) is 0 Å². The van der Waals surface area contributed by atoms with Crippen LogP contribution in [0, 0.1) is 6.92 Å². The first-order valence-corrected chi connectivity index (χ1v) is 9.35. The Morgan fingerprint density at radius 3 is 2.59 bits per heavy atom. The number of carbonyl (C=O) groups is 1. The molecular formula is C18H26IN5O2S. The lowest BCUT2D eigenvalue weighted by atomic mass is 10.2. The number of amides is 1. The summed E-state index contributed by atoms with van der Waals surface area (Å²) >= 11 is 1.63. The molecule has 0 saturated heterocycles. The standard InChI is InChI=1S/C18H25N5O2S.HI/c1-4-19-18(23(3)11-15-12-26-13(2)22-15)21-10-9-20-17(25)14-5-7-16(24)8-6-14;/h5-8,12,24H,4,9-11H2,1-3H3,(H,19,21)(H,20,25);1H. The number of carbonyl (C=O) groups excluding carboxylic acids is 1. The molecule has 0 unspecified atom stereocenters. The highest BCUT2D eigenvalue weighted by atomic mass is 127. The summed E-state index contributed by atoms with van der Waals surface area (Å²) in [5, 5.41) is 18.4. The molecule has 0 bridgehead atoms. The number of rotatable bonds is 7. The average Bonchev–Trinajstić information content (AvgIpc) is 3.02. The molecule has 9 heteroatoms. The summed E-state index contributed by atoms with van der Waals surface area (Å²) in [5.41, 5.74) is 1.52. The van der Waals surface area contributed by atoms with Crippen molar-refractivity contribution in [2.45, 2.75) is 20.4 Å². The zero-order valence-corrected chi connectivity index (χ0v) is 18.9. The van der Waals surface area contributed by atoms with Gasteiger partial charge in [-0.1, -0.05) is 0 Å². The average molecular weight is 503 g/mol. The molecular weight excluding hydrogens is 477 g/mol. The molecule has 0 spiro atoms. The van der Waals surface area contributed by atoms with Gasteiger partial charge < -0.3 is 20.6 Å². The van der Waals surface area contributed by atoms with Gasteiger partial charge in [-0.3, -0.25) is 9.79 Å². The Balaban J connectivity index is 0.00000364. The van der Waals surface area contributed by atoms with Crippen molar-refractivity contribution in [1.29, 1.82) is 0 Å². The van der Waals surface area contributed by atoms with Gasteiger partial charge >= 0.3 is 0 Å². The largest absolute Gasteiger partial charge is 0.508 e. The van der Waals surface area contributed by atoms with Gasteiger partial charge in [0.05, 0.1) is 23.8 Å². The molecule has 1 heterocycles. The van der Waals surface area contributed by atoms with E-state index >= 15 is 0 Å². The Labute approximate surface area is 180 Å². The van der Waals surface area contributed by atoms with Crippen LogP contribution in [0.5, 0.6) is 5.75 Å². The van der Waals surface area contributed by atoms with Gasteiger partial charge in [-0.2, -0.15) is 0 Å². The maximum absolute atomic E-state index is 12.0. The smallest absolute Gasteiger partial charge is 0.251 e. The summed E-state index contributed by atoms with van der Waals surface area (Å²) in [6.45, 7) is 6.34. The van der Waals surface area contributed by atoms with Crippen LogP contribution < -0.4 is 10.6 Å². The number of phenolic OH excluding ortho intramolecular Hbond substituents is 1. The topological polar surface area (TPSA) is 89.8 Å². The van der Waals surface area contributed by atoms with E-state index in [1.807, 2.05) is 31.2 Å². The second-order valence-electron chi connectivity index (χ2n) is 5.75. The van der Waals surface area contributed by atoms with Crippen molar-refractivity contribution in [2.24, 2.45) is 4.99 Å². The van der Waals surface area contributed by atoms with Gasteiger partial charge in [-0.15, -0.1) is 35.3 Å². The monoisotopic (exact) mass is 503 g/mol. The minimum Gasteiger partial charge on any atom is -0.508 e. The first-order valence-electron chi connectivity index (χ1n) is 8.47. The number of nitrogens with one attached hydrogen (secondary N) is 2. The number of halogens is 1. The molecule has 27 heavy (non-hydrogen) atoms. The fourth-order valence-corrected chi connectivity index (χ4v) is 2.92. The van der Waals surface area contributed by atoms with Gasteiger partial charge in [-0.25, -0.2) is 4.98 Å². The second-order valence-corrected chi connectivity index (χ2v) is 6.81. The number of aromatic nitrogens is 1. The summed E-state index contributed by atoms with van der Waals surface area (Å²) in [5.74, 6) is 0.730. The van der Waals surface area contributed by atoms with E-state index in [1.165, 1.54) is 12.1 Å². The van der Waals surface area contributed by atoms with Gasteiger partial charge in [0.2, 0.25) is 0 Å². The highest BCUT2D eigenvalue weighted by Crippen LogP contribution is 2.10. The van der Waals surface area contributed by atoms with Crippen LogP contribution in [0.1, 0.15) is 28.0 Å². The number of thiazole rings is 1. The lowest BCUT2D eigenvalue weighted by Gasteiger charge is -2.21. The molecule has 0 aliphatic carbocycles. The lowest BCUT2D eigenvalue weighted by molar-refractivity contribution is 0.0955. The van der Waals surface area contributed by atoms with E-state index in [0.29, 0.717) is 25.2 Å². The van der Waals surface area contributed by atoms with Gasteiger partial charge in [0, 0.05) is 31.1 Å². The number of aryl methyl sites for hydroxylation is 1. The first kappa shape index (κ1) is 23.2. The van der Waals surface area contributed by atoms with E-state index in [1.54, 1.807) is 23.5 Å². The lowest BCUT2D eigenvalue weighted by Crippen LogP contribution is -2.39. The molecule has 0 aliphatic heterocycles. The Bertz CT molecular complexity index is 748. The van der Waals surface area contributed by atoms with E-state index in [0.717, 1.165) is 23.2 Å². The third-order valence-corrected chi connectivity index (χ3v) is 4.37. The fourth-order valence-electron chi connectivity index (χ4n) is 2.31. The number of aromatic hydroxyl groups is 1. The van der Waals surface area contributed by atoms with Crippen molar-refractivity contribution >= 4 is 47.2 Å². The van der Waals surface area contributed by atoms with Crippen LogP contribution in [-0.2, 0) is 6.54 Å². The molecule has 1 aromatic carbocycles. The van der Waals surface area contributed by atoms with Crippen LogP contribution in [0.4, 0.5) is 0 Å². The minimum absolute atomic E-state index is 0. The zero-order valence-electron chi connectivity index (χ0n) is 15.7. The van der Waals surface area contributed by atoms with E-state index in [2.05, 4.69) is 20.6 Å². The molecule has 0 fully saturated rings. The zero-order chi connectivity index (χ0) is 18.9. The second kappa shape index (κ2) is 11.8. The van der Waals surface area contributed by atoms with Gasteiger partial charge in [-0.05, 0) is 38.1 Å². The van der Waals surface area contributed by atoms with Crippen molar-refractivity contribution in [3.8, 4) is 5.75 Å². The number of aliphatic imine (C=N–C) groups is 1. The van der Waals surface area contributed by atoms with Crippen LogP contribution in [0.3, 0.4) is 0 Å². The van der Waals surface area contributed by atoms with E-state index in [4.69, 9.17) is 0 Å². The van der Waals surface area contributed by atoms with Crippen molar-refractivity contribution in [1.82, 2.24) is 20.5 Å². The van der Waals surface area contributed by atoms with Crippen LogP contribution >= 0.6 is 35.3 Å². The summed E-state index contributed by atoms with van der Waals surface area (Å²) in [6.07, 6.45) is 0. The number of nitrogens with zero attached hydrogens (tertiary/aromatic N) is 3. The Kier molecular flexibility index (Phi) is 10.1. The summed E-state index contributed by atoms with van der Waals surface area (Å²) < 4.78 is 0. The Morgan fingerprint density at radius 1 is 1.30 bits per heavy atom. The highest BCUT2D eigenvalue weighted by molar-refractivity contribution is 14.0. The fraction of sp³-hybridized carbons (Fsp3) is 0.389. The van der Waals surface area contributed by atoms with Gasteiger partial charge in [0.25, 0.3) is 5.91 Å². The normalized spacial score (nSPS) is 10.9. The van der Waals surface area contributed by atoms with E-state index < -0.39 is 0 Å². The number of benzene rings is 1. The molecule has 0 radical (unpaired) electrons. The van der Waals surface area contributed by atoms with Crippen LogP contribution in [-0.4, -0.2) is 53.5 Å². The van der Waals surface area contributed by atoms with Crippen LogP contribution in [0.2, 0.25) is 0 Å². The van der Waals surface area contributed by atoms with E-state index in [9.17, 15) is 9.90 Å². The Hall–Kier alpha value is -1.88. The predicted molar refractivity (Wildman–Crippen MR) is 120 cm³/mol. The molecule has 1 amide bonds. The molecule has 0 saturated carbocycles. The SMILES string of the molecule is CCNC(=NCCNC(=O)c1ccc(O)cc1)N(C)Cc1csc(C)n1.I. The van der Waals surface area contributed by atoms with Crippen molar-refractivity contribution in [2.75, 3.05) is 26.7 Å². The van der Waals surface area contributed by atoms with Crippen molar-refractivity contribution in [3.63, 3.8) is 0 Å². The molecule has 3 N–H and O–H groups in total. The Morgan fingerprint density at radius 2 is 2.00 bits per heavy atom. The molecule has 0 atom stereocenters. The number of hydrogen-bond donors (Lipinski definition) is 3. The van der Waals surface area contributed by atoms with Crippen LogP contribution in [0.15, 0.2) is 34.6 Å². The van der Waals surface area contributed by atoms with E-state index in [-0.39, 0.29) is 35.6 Å². The highest BCUT2D eigenvalue weighted by Gasteiger charge is 2.09. The van der Waals surface area contributed by atoms with Crippen molar-refractivity contribution < 1.29 is 9.90 Å². The molecule has 2 aromatic rings. The minimum atomic E-state index is -0.184. The molecule has 7 nitrogen and oxygen atoms in total. The van der Waals surface area contributed by atoms with Gasteiger partial charge in [0.1, 0.15) is 5.75 Å². The number of phenols is 1. The molecule has 2 rings (SSSR count). The maximum atomic E-state index is 12.0. The summed E-state index contributed by atoms with van der Waals surface area (Å²) in [4.78, 5) is 23.1. The third kappa shape index (κ3) is 7.71.